The van der Waals surface area contributed by atoms with Crippen LogP contribution in [0.3, 0.4) is 0 Å². The second kappa shape index (κ2) is 8.75. The number of anilines is 2. The Balaban J connectivity index is 2.26. The molecular formula is C21H29N7O3. The van der Waals surface area contributed by atoms with Gasteiger partial charge in [0.15, 0.2) is 11.3 Å². The number of nitrogens with one attached hydrogen (secondary N) is 1. The maximum atomic E-state index is 13.8. The van der Waals surface area contributed by atoms with E-state index in [1.807, 2.05) is 20.8 Å². The van der Waals surface area contributed by atoms with Crippen LogP contribution in [-0.4, -0.2) is 36.8 Å². The predicted octanol–water partition coefficient (Wildman–Crippen LogP) is 1.87. The molecule has 0 bridgehead atoms. The molecule has 0 atom stereocenters. The highest BCUT2D eigenvalue weighted by Crippen LogP contribution is 2.26. The number of hydrogen-bond donors (Lipinski definition) is 2. The maximum absolute atomic E-state index is 13.8. The molecule has 166 valence electrons. The molecule has 10 nitrogen and oxygen atoms in total. The van der Waals surface area contributed by atoms with Crippen molar-refractivity contribution in [2.75, 3.05) is 17.2 Å². The first-order valence-electron chi connectivity index (χ1n) is 10.5. The van der Waals surface area contributed by atoms with Gasteiger partial charge in [0, 0.05) is 25.8 Å². The van der Waals surface area contributed by atoms with Gasteiger partial charge in [-0.1, -0.05) is 20.3 Å². The SMILES string of the molecule is CCCCN(C(=O)c1cc(C)nc2c1c(C)nn2C)c1c(N)n(CCC)c(=O)[nH]c1=O. The first-order valence-corrected chi connectivity index (χ1v) is 10.5. The highest BCUT2D eigenvalue weighted by Gasteiger charge is 2.28. The molecule has 3 heterocycles. The van der Waals surface area contributed by atoms with Crippen molar-refractivity contribution >= 4 is 28.4 Å². The van der Waals surface area contributed by atoms with Crippen LogP contribution in [0.15, 0.2) is 15.7 Å². The van der Waals surface area contributed by atoms with Gasteiger partial charge in [-0.15, -0.1) is 0 Å². The second-order valence-electron chi connectivity index (χ2n) is 7.67. The summed E-state index contributed by atoms with van der Waals surface area (Å²) < 4.78 is 2.93. The molecule has 0 aliphatic carbocycles. The van der Waals surface area contributed by atoms with Crippen LogP contribution in [0.5, 0.6) is 0 Å². The number of carbonyl (C=O) groups excluding carboxylic acids is 1. The third-order valence-corrected chi connectivity index (χ3v) is 5.24. The van der Waals surface area contributed by atoms with Crippen molar-refractivity contribution < 1.29 is 4.79 Å². The van der Waals surface area contributed by atoms with Gasteiger partial charge in [0.05, 0.1) is 16.6 Å². The van der Waals surface area contributed by atoms with Crippen molar-refractivity contribution in [2.24, 2.45) is 7.05 Å². The molecule has 0 radical (unpaired) electrons. The number of aromatic nitrogens is 5. The number of hydrogen-bond acceptors (Lipinski definition) is 6. The molecule has 0 saturated heterocycles. The Bertz CT molecular complexity index is 1250. The van der Waals surface area contributed by atoms with E-state index in [2.05, 4.69) is 15.1 Å². The van der Waals surface area contributed by atoms with E-state index in [0.29, 0.717) is 47.4 Å². The highest BCUT2D eigenvalue weighted by atomic mass is 16.2. The lowest BCUT2D eigenvalue weighted by Gasteiger charge is -2.25. The van der Waals surface area contributed by atoms with Crippen LogP contribution in [0.25, 0.3) is 11.0 Å². The summed E-state index contributed by atoms with van der Waals surface area (Å²) in [5.41, 5.74) is 7.31. The van der Waals surface area contributed by atoms with E-state index in [0.717, 1.165) is 6.42 Å². The Labute approximate surface area is 179 Å². The van der Waals surface area contributed by atoms with Gasteiger partial charge in [0.25, 0.3) is 11.5 Å². The zero-order chi connectivity index (χ0) is 22.9. The summed E-state index contributed by atoms with van der Waals surface area (Å²) >= 11 is 0. The minimum Gasteiger partial charge on any atom is -0.383 e. The van der Waals surface area contributed by atoms with Crippen molar-refractivity contribution in [1.29, 1.82) is 0 Å². The molecule has 0 fully saturated rings. The molecule has 0 aliphatic heterocycles. The van der Waals surface area contributed by atoms with Crippen molar-refractivity contribution in [3.8, 4) is 0 Å². The number of nitrogens with two attached hydrogens (primary N) is 1. The first kappa shape index (κ1) is 22.3. The number of nitrogens with zero attached hydrogens (tertiary/aromatic N) is 5. The van der Waals surface area contributed by atoms with Gasteiger partial charge in [0.1, 0.15) is 5.82 Å². The number of amides is 1. The summed E-state index contributed by atoms with van der Waals surface area (Å²) in [4.78, 5) is 47.0. The molecule has 0 unspecified atom stereocenters. The Hall–Kier alpha value is -3.43. The lowest BCUT2D eigenvalue weighted by molar-refractivity contribution is 0.0987. The van der Waals surface area contributed by atoms with E-state index >= 15 is 0 Å². The third kappa shape index (κ3) is 3.97. The lowest BCUT2D eigenvalue weighted by Crippen LogP contribution is -2.41. The van der Waals surface area contributed by atoms with E-state index in [1.165, 1.54) is 9.47 Å². The van der Waals surface area contributed by atoms with E-state index in [9.17, 15) is 14.4 Å². The molecule has 3 aromatic rings. The molecule has 0 aliphatic rings. The number of pyridine rings is 1. The van der Waals surface area contributed by atoms with Crippen LogP contribution in [0.1, 0.15) is 54.9 Å². The maximum Gasteiger partial charge on any atom is 0.330 e. The van der Waals surface area contributed by atoms with Crippen molar-refractivity contribution in [1.82, 2.24) is 24.3 Å². The molecule has 3 N–H and O–H groups in total. The van der Waals surface area contributed by atoms with Crippen molar-refractivity contribution in [3.05, 3.63) is 43.9 Å². The Morgan fingerprint density at radius 2 is 1.94 bits per heavy atom. The molecule has 0 saturated carbocycles. The molecule has 3 rings (SSSR count). The van der Waals surface area contributed by atoms with E-state index in [4.69, 9.17) is 5.73 Å². The fraction of sp³-hybridized carbons (Fsp3) is 0.476. The summed E-state index contributed by atoms with van der Waals surface area (Å²) in [6.45, 7) is 8.14. The van der Waals surface area contributed by atoms with Gasteiger partial charge in [-0.05, 0) is 32.8 Å². The van der Waals surface area contributed by atoms with E-state index in [-0.39, 0.29) is 24.0 Å². The molecule has 3 aromatic heterocycles. The largest absolute Gasteiger partial charge is 0.383 e. The monoisotopic (exact) mass is 427 g/mol. The van der Waals surface area contributed by atoms with Gasteiger partial charge in [0.2, 0.25) is 0 Å². The smallest absolute Gasteiger partial charge is 0.330 e. The summed E-state index contributed by atoms with van der Waals surface area (Å²) in [5, 5.41) is 5.03. The van der Waals surface area contributed by atoms with Crippen LogP contribution in [-0.2, 0) is 13.6 Å². The van der Waals surface area contributed by atoms with Crippen molar-refractivity contribution in [2.45, 2.75) is 53.5 Å². The number of H-pyrrole nitrogens is 1. The highest BCUT2D eigenvalue weighted by molar-refractivity contribution is 6.14. The van der Waals surface area contributed by atoms with Gasteiger partial charge in [-0.25, -0.2) is 9.78 Å². The summed E-state index contributed by atoms with van der Waals surface area (Å²) in [5.74, 6) is -0.385. The lowest BCUT2D eigenvalue weighted by atomic mass is 10.1. The van der Waals surface area contributed by atoms with Crippen LogP contribution in [0, 0.1) is 13.8 Å². The van der Waals surface area contributed by atoms with Crippen LogP contribution in [0.4, 0.5) is 11.5 Å². The van der Waals surface area contributed by atoms with Gasteiger partial charge in [-0.3, -0.25) is 23.8 Å². The minimum absolute atomic E-state index is 0.00402. The second-order valence-corrected chi connectivity index (χ2v) is 7.67. The van der Waals surface area contributed by atoms with E-state index < -0.39 is 11.2 Å². The minimum atomic E-state index is -0.677. The topological polar surface area (TPSA) is 132 Å². The number of aromatic amines is 1. The standard InChI is InChI=1S/C21H29N7O3/c1-6-8-10-27(16-17(22)28(9-7-2)21(31)24-19(16)29)20(30)14-11-12(3)23-18-15(14)13(4)25-26(18)5/h11H,6-10,22H2,1-5H3,(H,24,29,31). The summed E-state index contributed by atoms with van der Waals surface area (Å²) in [7, 11) is 1.77. The number of rotatable bonds is 7. The fourth-order valence-electron chi connectivity index (χ4n) is 3.80. The number of fused-ring (bicyclic) bond motifs is 1. The average molecular weight is 428 g/mol. The van der Waals surface area contributed by atoms with Gasteiger partial charge in [-0.2, -0.15) is 5.10 Å². The number of aryl methyl sites for hydroxylation is 3. The van der Waals surface area contributed by atoms with Gasteiger partial charge < -0.3 is 10.6 Å². The Morgan fingerprint density at radius 1 is 1.23 bits per heavy atom. The van der Waals surface area contributed by atoms with Crippen LogP contribution < -0.4 is 21.9 Å². The predicted molar refractivity (Wildman–Crippen MR) is 121 cm³/mol. The summed E-state index contributed by atoms with van der Waals surface area (Å²) in [6, 6.07) is 1.70. The molecule has 1 amide bonds. The normalized spacial score (nSPS) is 11.3. The molecule has 0 aromatic carbocycles. The Morgan fingerprint density at radius 3 is 2.58 bits per heavy atom. The number of nitrogen functional groups attached to an aromatic ring is 1. The molecule has 0 spiro atoms. The number of unbranched alkanes of at least 4 members (excludes halogenated alkanes) is 1. The molecule has 31 heavy (non-hydrogen) atoms. The molecular weight excluding hydrogens is 398 g/mol. The van der Waals surface area contributed by atoms with Crippen LogP contribution in [0.2, 0.25) is 0 Å². The fourth-order valence-corrected chi connectivity index (χ4v) is 3.80. The van der Waals surface area contributed by atoms with Crippen molar-refractivity contribution in [3.63, 3.8) is 0 Å². The van der Waals surface area contributed by atoms with E-state index in [1.54, 1.807) is 24.7 Å². The summed E-state index contributed by atoms with van der Waals surface area (Å²) in [6.07, 6.45) is 2.13. The Kier molecular flexibility index (Phi) is 6.28. The molecule has 10 heteroatoms. The zero-order valence-corrected chi connectivity index (χ0v) is 18.7. The van der Waals surface area contributed by atoms with Gasteiger partial charge >= 0.3 is 5.69 Å². The number of carbonyl (C=O) groups is 1. The zero-order valence-electron chi connectivity index (χ0n) is 18.7. The first-order chi connectivity index (χ1) is 14.7. The average Bonchev–Trinajstić information content (AvgIpc) is 2.99. The third-order valence-electron chi connectivity index (χ3n) is 5.24. The quantitative estimate of drug-likeness (QED) is 0.592. The van der Waals surface area contributed by atoms with Crippen LogP contribution >= 0.6 is 0 Å².